The third-order valence-electron chi connectivity index (χ3n) is 2.03. The highest BCUT2D eigenvalue weighted by Crippen LogP contribution is 2.29. The van der Waals surface area contributed by atoms with E-state index in [1.165, 1.54) is 0 Å². The molecule has 0 aliphatic heterocycles. The van der Waals surface area contributed by atoms with Crippen molar-refractivity contribution in [3.8, 4) is 0 Å². The molecule has 0 fully saturated rings. The van der Waals surface area contributed by atoms with E-state index in [1.807, 2.05) is 0 Å². The maximum absolute atomic E-state index is 13.2. The Labute approximate surface area is 104 Å². The molecule has 0 radical (unpaired) electrons. The summed E-state index contributed by atoms with van der Waals surface area (Å²) in [5.74, 6) is -2.07. The summed E-state index contributed by atoms with van der Waals surface area (Å²) >= 11 is 2.95. The van der Waals surface area contributed by atoms with Crippen LogP contribution < -0.4 is 0 Å². The molecule has 0 unspecified atom stereocenters. The first-order valence-electron chi connectivity index (χ1n) is 4.71. The number of pyridine rings is 1. The van der Waals surface area contributed by atoms with E-state index in [2.05, 4.69) is 25.7 Å². The van der Waals surface area contributed by atoms with Crippen LogP contribution in [-0.2, 0) is 10.1 Å². The molecule has 0 spiro atoms. The Morgan fingerprint density at radius 3 is 2.71 bits per heavy atom. The number of carbonyl (C=O) groups is 1. The molecule has 0 aromatic carbocycles. The summed E-state index contributed by atoms with van der Waals surface area (Å²) in [4.78, 5) is 14.6. The van der Waals surface area contributed by atoms with Crippen LogP contribution in [0.15, 0.2) is 6.20 Å². The molecule has 0 atom stereocenters. The van der Waals surface area contributed by atoms with Gasteiger partial charge < -0.3 is 4.74 Å². The fourth-order valence-corrected chi connectivity index (χ4v) is 1.89. The number of ether oxygens (including phenoxy) is 1. The van der Waals surface area contributed by atoms with E-state index in [0.29, 0.717) is 0 Å². The lowest BCUT2D eigenvalue weighted by atomic mass is 10.1. The molecule has 17 heavy (non-hydrogen) atoms. The topological polar surface area (TPSA) is 39.2 Å². The fraction of sp³-hybridized carbons (Fsp3) is 0.400. The Kier molecular flexibility index (Phi) is 4.92. The average molecular weight is 312 g/mol. The zero-order valence-corrected chi connectivity index (χ0v) is 10.4. The van der Waals surface area contributed by atoms with Gasteiger partial charge in [-0.15, -0.1) is 0 Å². The molecule has 1 rings (SSSR count). The van der Waals surface area contributed by atoms with Gasteiger partial charge in [-0.1, -0.05) is 15.9 Å². The average Bonchev–Trinajstić information content (AvgIpc) is 2.27. The van der Waals surface area contributed by atoms with Crippen LogP contribution in [0, 0.1) is 5.95 Å². The summed E-state index contributed by atoms with van der Waals surface area (Å²) < 4.78 is 43.1. The highest BCUT2D eigenvalue weighted by Gasteiger charge is 2.25. The summed E-state index contributed by atoms with van der Waals surface area (Å²) in [6.45, 7) is 1.68. The smallest absolute Gasteiger partial charge is 0.340 e. The molecular formula is C10H9BrF3NO2. The number of nitrogens with zero attached hydrogens (tertiary/aromatic N) is 1. The largest absolute Gasteiger partial charge is 0.462 e. The van der Waals surface area contributed by atoms with Crippen LogP contribution in [0.5, 0.6) is 0 Å². The maximum Gasteiger partial charge on any atom is 0.340 e. The number of hydrogen-bond acceptors (Lipinski definition) is 3. The van der Waals surface area contributed by atoms with Gasteiger partial charge in [0.25, 0.3) is 6.43 Å². The minimum Gasteiger partial charge on any atom is -0.462 e. The van der Waals surface area contributed by atoms with E-state index >= 15 is 0 Å². The molecule has 7 heteroatoms. The van der Waals surface area contributed by atoms with Crippen LogP contribution in [-0.4, -0.2) is 17.6 Å². The number of esters is 1. The number of hydrogen-bond donors (Lipinski definition) is 0. The fourth-order valence-electron chi connectivity index (χ4n) is 1.29. The molecule has 94 valence electrons. The molecule has 1 aromatic rings. The summed E-state index contributed by atoms with van der Waals surface area (Å²) in [5, 5.41) is -0.0831. The number of alkyl halides is 3. The van der Waals surface area contributed by atoms with Crippen molar-refractivity contribution in [2.75, 3.05) is 6.61 Å². The summed E-state index contributed by atoms with van der Waals surface area (Å²) in [6, 6.07) is 0. The first-order chi connectivity index (χ1) is 8.02. The van der Waals surface area contributed by atoms with Crippen LogP contribution in [0.4, 0.5) is 13.2 Å². The minimum absolute atomic E-state index is 0.0831. The van der Waals surface area contributed by atoms with Crippen molar-refractivity contribution in [1.29, 1.82) is 0 Å². The van der Waals surface area contributed by atoms with Crippen LogP contribution in [0.3, 0.4) is 0 Å². The summed E-state index contributed by atoms with van der Waals surface area (Å²) in [5.41, 5.74) is -1.15. The Balaban J connectivity index is 3.32. The van der Waals surface area contributed by atoms with Gasteiger partial charge in [-0.2, -0.15) is 4.39 Å². The van der Waals surface area contributed by atoms with Crippen LogP contribution in [0.25, 0.3) is 0 Å². The van der Waals surface area contributed by atoms with Crippen molar-refractivity contribution >= 4 is 21.9 Å². The maximum atomic E-state index is 13.2. The Hall–Kier alpha value is -1.11. The van der Waals surface area contributed by atoms with Crippen molar-refractivity contribution in [2.24, 2.45) is 0 Å². The molecule has 0 N–H and O–H groups in total. The molecule has 0 aliphatic rings. The molecule has 1 aromatic heterocycles. The second kappa shape index (κ2) is 6.00. The number of halogens is 4. The van der Waals surface area contributed by atoms with Crippen molar-refractivity contribution in [1.82, 2.24) is 4.98 Å². The van der Waals surface area contributed by atoms with Gasteiger partial charge in [-0.3, -0.25) is 0 Å². The third-order valence-corrected chi connectivity index (χ3v) is 2.59. The zero-order chi connectivity index (χ0) is 13.0. The SMILES string of the molecule is CCOC(=O)c1cnc(F)c(C(F)F)c1CBr. The van der Waals surface area contributed by atoms with Crippen molar-refractivity contribution < 1.29 is 22.7 Å². The monoisotopic (exact) mass is 311 g/mol. The van der Waals surface area contributed by atoms with E-state index in [4.69, 9.17) is 0 Å². The van der Waals surface area contributed by atoms with Gasteiger partial charge >= 0.3 is 5.97 Å². The van der Waals surface area contributed by atoms with E-state index in [9.17, 15) is 18.0 Å². The summed E-state index contributed by atoms with van der Waals surface area (Å²) in [6.07, 6.45) is -2.14. The molecule has 1 heterocycles. The van der Waals surface area contributed by atoms with Crippen LogP contribution >= 0.6 is 15.9 Å². The first-order valence-corrected chi connectivity index (χ1v) is 5.83. The predicted molar refractivity (Wildman–Crippen MR) is 57.7 cm³/mol. The van der Waals surface area contributed by atoms with Gasteiger partial charge in [-0.05, 0) is 12.5 Å². The normalized spacial score (nSPS) is 10.7. The molecule has 0 saturated carbocycles. The number of rotatable bonds is 4. The molecule has 0 aliphatic carbocycles. The van der Waals surface area contributed by atoms with Gasteiger partial charge in [-0.25, -0.2) is 18.6 Å². The summed E-state index contributed by atoms with van der Waals surface area (Å²) in [7, 11) is 0. The van der Waals surface area contributed by atoms with Crippen molar-refractivity contribution in [3.05, 3.63) is 28.8 Å². The van der Waals surface area contributed by atoms with Gasteiger partial charge in [0.05, 0.1) is 17.7 Å². The van der Waals surface area contributed by atoms with Gasteiger partial charge in [0.1, 0.15) is 0 Å². The second-order valence-electron chi connectivity index (χ2n) is 3.01. The molecule has 0 bridgehead atoms. The zero-order valence-electron chi connectivity index (χ0n) is 8.84. The van der Waals surface area contributed by atoms with Crippen molar-refractivity contribution in [3.63, 3.8) is 0 Å². The third kappa shape index (κ3) is 2.96. The minimum atomic E-state index is -3.04. The Morgan fingerprint density at radius 1 is 1.59 bits per heavy atom. The number of aromatic nitrogens is 1. The predicted octanol–water partition coefficient (Wildman–Crippen LogP) is 3.23. The number of carbonyl (C=O) groups excluding carboxylic acids is 1. The quantitative estimate of drug-likeness (QED) is 0.487. The van der Waals surface area contributed by atoms with Gasteiger partial charge in [0.2, 0.25) is 5.95 Å². The Bertz CT molecular complexity index is 426. The first kappa shape index (κ1) is 14.0. The highest BCUT2D eigenvalue weighted by molar-refractivity contribution is 9.08. The molecule has 3 nitrogen and oxygen atoms in total. The lowest BCUT2D eigenvalue weighted by Gasteiger charge is -2.11. The van der Waals surface area contributed by atoms with Crippen LogP contribution in [0.2, 0.25) is 0 Å². The standard InChI is InChI=1S/C10H9BrF3NO2/c1-2-17-10(16)6-4-15-9(14)7(8(12)13)5(6)3-11/h4,8H,2-3H2,1H3. The van der Waals surface area contributed by atoms with Gasteiger partial charge in [0.15, 0.2) is 0 Å². The molecule has 0 amide bonds. The van der Waals surface area contributed by atoms with E-state index in [1.54, 1.807) is 6.92 Å². The lowest BCUT2D eigenvalue weighted by Crippen LogP contribution is -2.12. The molecular weight excluding hydrogens is 303 g/mol. The van der Waals surface area contributed by atoms with Gasteiger partial charge in [0, 0.05) is 11.5 Å². The Morgan fingerprint density at radius 2 is 2.24 bits per heavy atom. The van der Waals surface area contributed by atoms with Crippen molar-refractivity contribution in [2.45, 2.75) is 18.7 Å². The van der Waals surface area contributed by atoms with E-state index in [0.717, 1.165) is 6.20 Å². The molecule has 0 saturated heterocycles. The highest BCUT2D eigenvalue weighted by atomic mass is 79.9. The lowest BCUT2D eigenvalue weighted by molar-refractivity contribution is 0.0524. The second-order valence-corrected chi connectivity index (χ2v) is 3.57. The van der Waals surface area contributed by atoms with E-state index in [-0.39, 0.29) is 23.1 Å². The van der Waals surface area contributed by atoms with Crippen LogP contribution in [0.1, 0.15) is 34.8 Å². The van der Waals surface area contributed by atoms with E-state index < -0.39 is 23.9 Å².